The summed E-state index contributed by atoms with van der Waals surface area (Å²) in [6.45, 7) is 0.571. The van der Waals surface area contributed by atoms with Gasteiger partial charge in [-0.3, -0.25) is 0 Å². The molecule has 1 fully saturated rings. The number of aryl methyl sites for hydroxylation is 1. The summed E-state index contributed by atoms with van der Waals surface area (Å²) in [7, 11) is -3.50. The van der Waals surface area contributed by atoms with Crippen LogP contribution in [0.2, 0.25) is 0 Å². The molecule has 1 unspecified atom stereocenters. The lowest BCUT2D eigenvalue weighted by atomic mass is 9.98. The Balaban J connectivity index is 1.53. The zero-order valence-corrected chi connectivity index (χ0v) is 17.2. The SMILES string of the molecule is O=S(=O)(C1=Cc2ccccc2CC1)N1CCCCC1c1nc2ccccc2s1. The van der Waals surface area contributed by atoms with Crippen molar-refractivity contribution >= 4 is 37.7 Å². The third-order valence-corrected chi connectivity index (χ3v) is 8.88. The van der Waals surface area contributed by atoms with Crippen molar-refractivity contribution in [2.75, 3.05) is 6.54 Å². The van der Waals surface area contributed by atoms with E-state index in [1.807, 2.05) is 42.5 Å². The first-order valence-corrected chi connectivity index (χ1v) is 12.0. The second-order valence-electron chi connectivity index (χ2n) is 7.46. The zero-order valence-electron chi connectivity index (χ0n) is 15.5. The van der Waals surface area contributed by atoms with Gasteiger partial charge in [-0.2, -0.15) is 4.31 Å². The average molecular weight is 411 g/mol. The predicted molar refractivity (Wildman–Crippen MR) is 115 cm³/mol. The van der Waals surface area contributed by atoms with Crippen molar-refractivity contribution < 1.29 is 8.42 Å². The first-order valence-electron chi connectivity index (χ1n) is 9.79. The number of rotatable bonds is 3. The molecule has 1 aromatic heterocycles. The molecule has 0 radical (unpaired) electrons. The molecule has 0 bridgehead atoms. The summed E-state index contributed by atoms with van der Waals surface area (Å²) in [4.78, 5) is 5.32. The molecule has 1 aliphatic carbocycles. The lowest BCUT2D eigenvalue weighted by Gasteiger charge is -2.34. The first-order chi connectivity index (χ1) is 13.6. The van der Waals surface area contributed by atoms with Crippen LogP contribution in [0.25, 0.3) is 16.3 Å². The lowest BCUT2D eigenvalue weighted by molar-refractivity contribution is 0.257. The minimum atomic E-state index is -3.50. The maximum Gasteiger partial charge on any atom is 0.239 e. The molecule has 144 valence electrons. The molecule has 3 aromatic rings. The highest BCUT2D eigenvalue weighted by molar-refractivity contribution is 7.93. The molecule has 0 amide bonds. The summed E-state index contributed by atoms with van der Waals surface area (Å²) in [6, 6.07) is 15.9. The Hall–Kier alpha value is -2.02. The number of hydrogen-bond donors (Lipinski definition) is 0. The Bertz CT molecular complexity index is 1130. The normalized spacial score (nSPS) is 20.7. The van der Waals surface area contributed by atoms with Crippen molar-refractivity contribution in [3.8, 4) is 0 Å². The molecule has 2 heterocycles. The molecule has 2 aliphatic rings. The van der Waals surface area contributed by atoms with Gasteiger partial charge in [0.2, 0.25) is 10.0 Å². The number of nitrogens with zero attached hydrogens (tertiary/aromatic N) is 2. The number of hydrogen-bond acceptors (Lipinski definition) is 4. The van der Waals surface area contributed by atoms with Gasteiger partial charge in [-0.25, -0.2) is 13.4 Å². The summed E-state index contributed by atoms with van der Waals surface area (Å²) in [5.74, 6) is 0. The Morgan fingerprint density at radius 2 is 1.82 bits per heavy atom. The molecule has 0 N–H and O–H groups in total. The molecular formula is C22H22N2O2S2. The van der Waals surface area contributed by atoms with Gasteiger partial charge in [-0.1, -0.05) is 42.8 Å². The zero-order chi connectivity index (χ0) is 19.1. The first kappa shape index (κ1) is 18.0. The van der Waals surface area contributed by atoms with E-state index in [1.165, 1.54) is 5.56 Å². The minimum absolute atomic E-state index is 0.158. The van der Waals surface area contributed by atoms with E-state index in [1.54, 1.807) is 15.6 Å². The Kier molecular flexibility index (Phi) is 4.57. The van der Waals surface area contributed by atoms with Gasteiger partial charge in [0.25, 0.3) is 0 Å². The van der Waals surface area contributed by atoms with Crippen molar-refractivity contribution in [2.45, 2.75) is 38.1 Å². The lowest BCUT2D eigenvalue weighted by Crippen LogP contribution is -2.39. The molecule has 6 heteroatoms. The molecule has 0 saturated carbocycles. The average Bonchev–Trinajstić information content (AvgIpc) is 3.17. The van der Waals surface area contributed by atoms with E-state index in [9.17, 15) is 8.42 Å². The van der Waals surface area contributed by atoms with Gasteiger partial charge in [0.05, 0.1) is 21.2 Å². The molecule has 1 atom stereocenters. The van der Waals surface area contributed by atoms with Crippen LogP contribution in [0.1, 0.15) is 47.9 Å². The molecule has 1 aliphatic heterocycles. The van der Waals surface area contributed by atoms with Gasteiger partial charge in [-0.15, -0.1) is 11.3 Å². The molecule has 4 nitrogen and oxygen atoms in total. The van der Waals surface area contributed by atoms with Crippen LogP contribution in [-0.2, 0) is 16.4 Å². The highest BCUT2D eigenvalue weighted by Gasteiger charge is 2.37. The number of sulfonamides is 1. The fraction of sp³-hybridized carbons (Fsp3) is 0.318. The maximum atomic E-state index is 13.6. The number of piperidine rings is 1. The predicted octanol–water partition coefficient (Wildman–Crippen LogP) is 5.14. The van der Waals surface area contributed by atoms with E-state index in [4.69, 9.17) is 4.98 Å². The van der Waals surface area contributed by atoms with Crippen LogP contribution in [0.5, 0.6) is 0 Å². The van der Waals surface area contributed by atoms with Crippen molar-refractivity contribution in [1.82, 2.24) is 9.29 Å². The molecule has 28 heavy (non-hydrogen) atoms. The molecular weight excluding hydrogens is 388 g/mol. The highest BCUT2D eigenvalue weighted by Crippen LogP contribution is 2.40. The summed E-state index contributed by atoms with van der Waals surface area (Å²) in [6.07, 6.45) is 6.00. The number of aromatic nitrogens is 1. The second kappa shape index (κ2) is 7.10. The number of benzene rings is 2. The van der Waals surface area contributed by atoms with Gasteiger partial charge in [0.1, 0.15) is 5.01 Å². The third kappa shape index (κ3) is 3.09. The summed E-state index contributed by atoms with van der Waals surface area (Å²) in [5, 5.41) is 0.918. The van der Waals surface area contributed by atoms with E-state index in [2.05, 4.69) is 12.1 Å². The molecule has 0 spiro atoms. The van der Waals surface area contributed by atoms with E-state index >= 15 is 0 Å². The smallest absolute Gasteiger partial charge is 0.239 e. The molecule has 2 aromatic carbocycles. The molecule has 5 rings (SSSR count). The van der Waals surface area contributed by atoms with Crippen molar-refractivity contribution in [3.63, 3.8) is 0 Å². The topological polar surface area (TPSA) is 50.3 Å². The maximum absolute atomic E-state index is 13.6. The van der Waals surface area contributed by atoms with Gasteiger partial charge >= 0.3 is 0 Å². The Morgan fingerprint density at radius 3 is 2.71 bits per heavy atom. The molecule has 1 saturated heterocycles. The van der Waals surface area contributed by atoms with Gasteiger partial charge in [0.15, 0.2) is 0 Å². The van der Waals surface area contributed by atoms with Crippen LogP contribution in [-0.4, -0.2) is 24.3 Å². The summed E-state index contributed by atoms with van der Waals surface area (Å²) in [5.41, 5.74) is 3.21. The van der Waals surface area contributed by atoms with Crippen molar-refractivity contribution in [1.29, 1.82) is 0 Å². The van der Waals surface area contributed by atoms with Crippen LogP contribution in [0.15, 0.2) is 53.4 Å². The fourth-order valence-electron chi connectivity index (χ4n) is 4.23. The van der Waals surface area contributed by atoms with Crippen LogP contribution in [0.3, 0.4) is 0 Å². The van der Waals surface area contributed by atoms with Crippen LogP contribution in [0.4, 0.5) is 0 Å². The van der Waals surface area contributed by atoms with Crippen LogP contribution >= 0.6 is 11.3 Å². The van der Waals surface area contributed by atoms with Crippen LogP contribution < -0.4 is 0 Å². The van der Waals surface area contributed by atoms with E-state index in [-0.39, 0.29) is 6.04 Å². The van der Waals surface area contributed by atoms with E-state index in [0.29, 0.717) is 17.9 Å². The highest BCUT2D eigenvalue weighted by atomic mass is 32.2. The number of fused-ring (bicyclic) bond motifs is 2. The van der Waals surface area contributed by atoms with Gasteiger partial charge in [-0.05, 0) is 55.0 Å². The van der Waals surface area contributed by atoms with E-state index in [0.717, 1.165) is 46.5 Å². The van der Waals surface area contributed by atoms with E-state index < -0.39 is 10.0 Å². The van der Waals surface area contributed by atoms with Crippen molar-refractivity contribution in [2.24, 2.45) is 0 Å². The summed E-state index contributed by atoms with van der Waals surface area (Å²) < 4.78 is 30.0. The standard InChI is InChI=1S/C22H22N2O2S2/c25-28(26,18-13-12-16-7-1-2-8-17(16)15-18)24-14-6-5-10-20(24)22-23-19-9-3-4-11-21(19)27-22/h1-4,7-9,11,15,20H,5-6,10,12-14H2. The summed E-state index contributed by atoms with van der Waals surface area (Å²) >= 11 is 1.62. The number of allylic oxidation sites excluding steroid dienone is 1. The second-order valence-corrected chi connectivity index (χ2v) is 10.5. The number of para-hydroxylation sites is 1. The Morgan fingerprint density at radius 1 is 1.00 bits per heavy atom. The van der Waals surface area contributed by atoms with Crippen LogP contribution in [0, 0.1) is 0 Å². The number of thiazole rings is 1. The van der Waals surface area contributed by atoms with Crippen molar-refractivity contribution in [3.05, 3.63) is 69.6 Å². The third-order valence-electron chi connectivity index (χ3n) is 5.70. The van der Waals surface area contributed by atoms with Gasteiger partial charge < -0.3 is 0 Å². The quantitative estimate of drug-likeness (QED) is 0.601. The largest absolute Gasteiger partial charge is 0.239 e. The van der Waals surface area contributed by atoms with Gasteiger partial charge in [0, 0.05) is 6.54 Å². The minimum Gasteiger partial charge on any atom is -0.239 e. The Labute approximate surface area is 169 Å². The fourth-order valence-corrected chi connectivity index (χ4v) is 7.26. The monoisotopic (exact) mass is 410 g/mol.